The molecule has 1 amide bonds. The molecule has 0 aliphatic heterocycles. The SMILES string of the molecule is CCC(NC(=O)c1cncc2c1cnn2-c1ccc(F)cc1)c1cnc(NCS(C)(=O)=O)nc1. The summed E-state index contributed by atoms with van der Waals surface area (Å²) in [7, 11) is -3.21. The van der Waals surface area contributed by atoms with Crippen molar-refractivity contribution in [1.29, 1.82) is 0 Å². The molecule has 0 aliphatic carbocycles. The Morgan fingerprint density at radius 3 is 2.44 bits per heavy atom. The number of pyridine rings is 1. The Bertz CT molecular complexity index is 1420. The first kappa shape index (κ1) is 23.2. The number of amides is 1. The van der Waals surface area contributed by atoms with Gasteiger partial charge < -0.3 is 10.6 Å². The zero-order chi connectivity index (χ0) is 24.3. The maximum atomic E-state index is 13.3. The van der Waals surface area contributed by atoms with E-state index in [0.717, 1.165) is 6.26 Å². The Morgan fingerprint density at radius 1 is 1.09 bits per heavy atom. The summed E-state index contributed by atoms with van der Waals surface area (Å²) in [6.07, 6.45) is 9.39. The van der Waals surface area contributed by atoms with Crippen LogP contribution >= 0.6 is 0 Å². The first-order chi connectivity index (χ1) is 16.2. The molecule has 1 unspecified atom stereocenters. The predicted molar refractivity (Wildman–Crippen MR) is 125 cm³/mol. The first-order valence-electron chi connectivity index (χ1n) is 10.4. The fourth-order valence-electron chi connectivity index (χ4n) is 3.37. The second-order valence-electron chi connectivity index (χ2n) is 7.67. The van der Waals surface area contributed by atoms with Crippen molar-refractivity contribution < 1.29 is 17.6 Å². The minimum Gasteiger partial charge on any atom is -0.345 e. The van der Waals surface area contributed by atoms with E-state index in [0.29, 0.717) is 34.1 Å². The van der Waals surface area contributed by atoms with Gasteiger partial charge in [0.2, 0.25) is 5.95 Å². The van der Waals surface area contributed by atoms with Crippen LogP contribution in [0.4, 0.5) is 10.3 Å². The van der Waals surface area contributed by atoms with E-state index in [1.807, 2.05) is 6.92 Å². The van der Waals surface area contributed by atoms with E-state index in [9.17, 15) is 17.6 Å². The van der Waals surface area contributed by atoms with Crippen LogP contribution in [0.25, 0.3) is 16.6 Å². The summed E-state index contributed by atoms with van der Waals surface area (Å²) in [5, 5.41) is 10.5. The molecule has 12 heteroatoms. The van der Waals surface area contributed by atoms with Gasteiger partial charge in [-0.05, 0) is 30.7 Å². The highest BCUT2D eigenvalue weighted by atomic mass is 32.2. The van der Waals surface area contributed by atoms with E-state index in [-0.39, 0.29) is 29.6 Å². The summed E-state index contributed by atoms with van der Waals surface area (Å²) < 4.78 is 37.4. The summed E-state index contributed by atoms with van der Waals surface area (Å²) in [6.45, 7) is 1.91. The number of aromatic nitrogens is 5. The highest BCUT2D eigenvalue weighted by Gasteiger charge is 2.19. The van der Waals surface area contributed by atoms with Gasteiger partial charge in [-0.15, -0.1) is 0 Å². The van der Waals surface area contributed by atoms with Crippen molar-refractivity contribution in [2.75, 3.05) is 17.4 Å². The molecule has 34 heavy (non-hydrogen) atoms. The molecule has 176 valence electrons. The van der Waals surface area contributed by atoms with E-state index in [1.54, 1.807) is 29.2 Å². The van der Waals surface area contributed by atoms with Gasteiger partial charge in [0.1, 0.15) is 11.7 Å². The third kappa shape index (κ3) is 5.17. The topological polar surface area (TPSA) is 132 Å². The molecule has 0 fully saturated rings. The van der Waals surface area contributed by atoms with E-state index < -0.39 is 9.84 Å². The molecule has 0 aliphatic rings. The van der Waals surface area contributed by atoms with Crippen LogP contribution in [-0.4, -0.2) is 51.2 Å². The average molecular weight is 484 g/mol. The van der Waals surface area contributed by atoms with Gasteiger partial charge in [0.05, 0.1) is 35.2 Å². The number of benzene rings is 1. The molecule has 0 saturated carbocycles. The molecule has 0 radical (unpaired) electrons. The van der Waals surface area contributed by atoms with Gasteiger partial charge in [0, 0.05) is 35.8 Å². The fourth-order valence-corrected chi connectivity index (χ4v) is 3.76. The van der Waals surface area contributed by atoms with Gasteiger partial charge in [-0.3, -0.25) is 9.78 Å². The summed E-state index contributed by atoms with van der Waals surface area (Å²) in [4.78, 5) is 25.6. The number of halogens is 1. The third-order valence-corrected chi connectivity index (χ3v) is 5.76. The van der Waals surface area contributed by atoms with Gasteiger partial charge in [-0.1, -0.05) is 6.92 Å². The van der Waals surface area contributed by atoms with Crippen LogP contribution in [0.3, 0.4) is 0 Å². The zero-order valence-electron chi connectivity index (χ0n) is 18.4. The smallest absolute Gasteiger partial charge is 0.254 e. The molecular weight excluding hydrogens is 461 g/mol. The number of carbonyl (C=O) groups excluding carboxylic acids is 1. The Labute approximate surface area is 195 Å². The number of fused-ring (bicyclic) bond motifs is 1. The minimum absolute atomic E-state index is 0.178. The van der Waals surface area contributed by atoms with Crippen molar-refractivity contribution in [1.82, 2.24) is 30.0 Å². The van der Waals surface area contributed by atoms with Crippen molar-refractivity contribution in [2.45, 2.75) is 19.4 Å². The van der Waals surface area contributed by atoms with Gasteiger partial charge in [0.15, 0.2) is 9.84 Å². The van der Waals surface area contributed by atoms with E-state index >= 15 is 0 Å². The molecule has 0 bridgehead atoms. The van der Waals surface area contributed by atoms with Crippen molar-refractivity contribution in [3.63, 3.8) is 0 Å². The Balaban J connectivity index is 1.54. The largest absolute Gasteiger partial charge is 0.345 e. The summed E-state index contributed by atoms with van der Waals surface area (Å²) in [5.41, 5.74) is 2.26. The molecule has 4 rings (SSSR count). The fraction of sp³-hybridized carbons (Fsp3) is 0.227. The highest BCUT2D eigenvalue weighted by Crippen LogP contribution is 2.23. The molecule has 2 N–H and O–H groups in total. The molecule has 3 heterocycles. The standard InChI is InChI=1S/C22H22FN7O3S/c1-3-19(14-8-25-22(26-9-14)27-13-34(2,32)33)29-21(31)18-10-24-12-20-17(18)11-28-30(20)16-6-4-15(23)5-7-16/h4-12,19H,3,13H2,1-2H3,(H,29,31)(H,25,26,27). The van der Waals surface area contributed by atoms with Gasteiger partial charge in [-0.2, -0.15) is 5.10 Å². The van der Waals surface area contributed by atoms with Crippen LogP contribution in [-0.2, 0) is 9.84 Å². The maximum Gasteiger partial charge on any atom is 0.254 e. The van der Waals surface area contributed by atoms with Crippen molar-refractivity contribution in [2.24, 2.45) is 0 Å². The minimum atomic E-state index is -3.21. The average Bonchev–Trinajstić information content (AvgIpc) is 3.26. The highest BCUT2D eigenvalue weighted by molar-refractivity contribution is 7.90. The lowest BCUT2D eigenvalue weighted by molar-refractivity contribution is 0.0937. The van der Waals surface area contributed by atoms with Gasteiger partial charge >= 0.3 is 0 Å². The molecular formula is C22H22FN7O3S. The lowest BCUT2D eigenvalue weighted by Crippen LogP contribution is -2.28. The quantitative estimate of drug-likeness (QED) is 0.391. The number of rotatable bonds is 8. The van der Waals surface area contributed by atoms with E-state index in [2.05, 4.69) is 30.7 Å². The lowest BCUT2D eigenvalue weighted by atomic mass is 10.1. The molecule has 0 spiro atoms. The van der Waals surface area contributed by atoms with Crippen LogP contribution < -0.4 is 10.6 Å². The Kier molecular flexibility index (Phi) is 6.50. The molecule has 3 aromatic heterocycles. The van der Waals surface area contributed by atoms with Crippen LogP contribution in [0, 0.1) is 5.82 Å². The molecule has 1 atom stereocenters. The number of nitrogens with zero attached hydrogens (tertiary/aromatic N) is 5. The van der Waals surface area contributed by atoms with Crippen molar-refractivity contribution >= 4 is 32.6 Å². The van der Waals surface area contributed by atoms with Gasteiger partial charge in [0.25, 0.3) is 5.91 Å². The van der Waals surface area contributed by atoms with E-state index in [4.69, 9.17) is 0 Å². The number of hydrogen-bond acceptors (Lipinski definition) is 8. The number of anilines is 1. The van der Waals surface area contributed by atoms with Crippen molar-refractivity contribution in [3.05, 3.63) is 72.2 Å². The summed E-state index contributed by atoms with van der Waals surface area (Å²) in [6, 6.07) is 5.48. The Morgan fingerprint density at radius 2 is 1.79 bits per heavy atom. The molecule has 10 nitrogen and oxygen atoms in total. The second-order valence-corrected chi connectivity index (χ2v) is 9.81. The number of nitrogens with one attached hydrogen (secondary N) is 2. The number of carbonyl (C=O) groups is 1. The number of sulfone groups is 1. The van der Waals surface area contributed by atoms with Crippen LogP contribution in [0.5, 0.6) is 0 Å². The molecule has 4 aromatic rings. The zero-order valence-corrected chi connectivity index (χ0v) is 19.3. The third-order valence-electron chi connectivity index (χ3n) is 5.09. The lowest BCUT2D eigenvalue weighted by Gasteiger charge is -2.17. The van der Waals surface area contributed by atoms with Crippen LogP contribution in [0.15, 0.2) is 55.2 Å². The predicted octanol–water partition coefficient (Wildman–Crippen LogP) is 2.64. The Hall–Kier alpha value is -3.93. The van der Waals surface area contributed by atoms with Crippen molar-refractivity contribution in [3.8, 4) is 5.69 Å². The normalized spacial score (nSPS) is 12.4. The van der Waals surface area contributed by atoms with Crippen LogP contribution in [0.1, 0.15) is 35.3 Å². The summed E-state index contributed by atoms with van der Waals surface area (Å²) in [5.74, 6) is -0.796. The maximum absolute atomic E-state index is 13.3. The molecule has 0 saturated heterocycles. The monoisotopic (exact) mass is 483 g/mol. The van der Waals surface area contributed by atoms with E-state index in [1.165, 1.54) is 30.7 Å². The first-order valence-corrected chi connectivity index (χ1v) is 12.4. The molecule has 1 aromatic carbocycles. The second kappa shape index (κ2) is 9.51. The van der Waals surface area contributed by atoms with Crippen LogP contribution in [0.2, 0.25) is 0 Å². The summed E-state index contributed by atoms with van der Waals surface area (Å²) >= 11 is 0. The van der Waals surface area contributed by atoms with Gasteiger partial charge in [-0.25, -0.2) is 27.5 Å². The number of hydrogen-bond donors (Lipinski definition) is 2.